The smallest absolute Gasteiger partial charge is 0.303 e. The van der Waals surface area contributed by atoms with Gasteiger partial charge in [-0.25, -0.2) is 0 Å². The normalized spacial score (nSPS) is 15.6. The molecule has 33 heteroatoms. The molecule has 1 aliphatic rings. The number of Topliss-reactive ketones (excluding diaryl/α,β-unsaturated/α-hetero) is 6. The van der Waals surface area contributed by atoms with Crippen molar-refractivity contribution in [2.45, 2.75) is 199 Å². The van der Waals surface area contributed by atoms with Crippen molar-refractivity contribution < 1.29 is 117 Å². The number of aliphatic carboxylic acids is 5. The van der Waals surface area contributed by atoms with Gasteiger partial charge in [-0.3, -0.25) is 81.5 Å². The van der Waals surface area contributed by atoms with E-state index in [1.165, 1.54) is 30.6 Å². The Morgan fingerprint density at radius 2 is 0.968 bits per heavy atom. The van der Waals surface area contributed by atoms with Crippen LogP contribution in [0.2, 0.25) is 0 Å². The third-order valence-electron chi connectivity index (χ3n) is 15.3. The lowest BCUT2D eigenvalue weighted by molar-refractivity contribution is -0.142. The van der Waals surface area contributed by atoms with E-state index in [1.807, 2.05) is 13.8 Å². The van der Waals surface area contributed by atoms with Gasteiger partial charge in [0.05, 0.1) is 36.1 Å². The van der Waals surface area contributed by atoms with Crippen LogP contribution in [0.25, 0.3) is 0 Å². The van der Waals surface area contributed by atoms with Crippen LogP contribution in [0.1, 0.15) is 163 Å². The van der Waals surface area contributed by atoms with Gasteiger partial charge in [0.1, 0.15) is 18.4 Å². The molecule has 0 bridgehead atoms. The van der Waals surface area contributed by atoms with Gasteiger partial charge in [0.2, 0.25) is 41.4 Å². The molecule has 0 aromatic heterocycles. The van der Waals surface area contributed by atoms with Crippen molar-refractivity contribution in [1.29, 1.82) is 0 Å². The molecular weight excluding hydrogens is 1280 g/mol. The Hall–Kier alpha value is -7.68. The first kappa shape index (κ1) is 84.3. The van der Waals surface area contributed by atoms with Crippen LogP contribution < -0.4 is 31.9 Å². The number of hydrogen-bond donors (Lipinski definition) is 12. The molecule has 1 aliphatic heterocycles. The Kier molecular flexibility index (Phi) is 40.2. The van der Waals surface area contributed by atoms with Crippen molar-refractivity contribution in [2.75, 3.05) is 44.6 Å². The summed E-state index contributed by atoms with van der Waals surface area (Å²) in [7, 11) is 1.44. The maximum absolute atomic E-state index is 14.1. The van der Waals surface area contributed by atoms with Gasteiger partial charge in [-0.1, -0.05) is 20.8 Å². The van der Waals surface area contributed by atoms with Crippen LogP contribution in [-0.4, -0.2) is 217 Å². The monoisotopic (exact) mass is 1370 g/mol. The van der Waals surface area contributed by atoms with Crippen LogP contribution in [0.5, 0.6) is 0 Å². The molecule has 0 aliphatic carbocycles. The van der Waals surface area contributed by atoms with E-state index in [1.54, 1.807) is 13.2 Å². The second-order valence-electron chi connectivity index (χ2n) is 23.7. The SMILES string of the molecule is CNC(=O)[C@H](C)CC(=O)[C@H](CSC)NC(=O)CCC(=O)[C@H](CC(C)C)NC(=O)[C@@H]1CCCN1C(=O)COCCCC(=O)[C@@H](CCC(=O)O)NC(=O)C(CCC(=O)O)CC(=O)[C@@H](CCC(=O)O)NC(=O)[C@@H](CCC(=O)O)CC(=O)[C@@H](CCC(=O)O)NC(=O)[C@@H](CS)CC(C)=O. The Morgan fingerprint density at radius 1 is 0.521 bits per heavy atom. The third-order valence-corrected chi connectivity index (χ3v) is 16.4. The van der Waals surface area contributed by atoms with Crippen molar-refractivity contribution in [2.24, 2.45) is 29.6 Å². The maximum Gasteiger partial charge on any atom is 0.303 e. The summed E-state index contributed by atoms with van der Waals surface area (Å²) in [5, 5.41) is 62.4. The second-order valence-corrected chi connectivity index (χ2v) is 24.9. The minimum absolute atomic E-state index is 0.0875. The average molecular weight is 1370 g/mol. The highest BCUT2D eigenvalue weighted by Crippen LogP contribution is 2.23. The van der Waals surface area contributed by atoms with E-state index in [0.29, 0.717) is 6.42 Å². The fourth-order valence-corrected chi connectivity index (χ4v) is 11.1. The quantitative estimate of drug-likeness (QED) is 0.0297. The predicted octanol–water partition coefficient (Wildman–Crippen LogP) is 0.867. The van der Waals surface area contributed by atoms with Crippen molar-refractivity contribution in [3.63, 3.8) is 0 Å². The maximum atomic E-state index is 14.1. The van der Waals surface area contributed by atoms with E-state index in [4.69, 9.17) is 4.74 Å². The van der Waals surface area contributed by atoms with Crippen LogP contribution >= 0.6 is 24.4 Å². The van der Waals surface area contributed by atoms with E-state index >= 15 is 0 Å². The molecule has 1 fully saturated rings. The Morgan fingerprint density at radius 3 is 1.40 bits per heavy atom. The van der Waals surface area contributed by atoms with Gasteiger partial charge in [-0.2, -0.15) is 24.4 Å². The number of rotatable bonds is 52. The number of nitrogens with one attached hydrogen (secondary N) is 6. The second kappa shape index (κ2) is 44.8. The molecule has 528 valence electrons. The van der Waals surface area contributed by atoms with Gasteiger partial charge in [0.15, 0.2) is 28.9 Å². The van der Waals surface area contributed by atoms with Gasteiger partial charge < -0.3 is 71.9 Å². The fraction of sp³-hybridized carbons (Fsp3) is 0.705. The summed E-state index contributed by atoms with van der Waals surface area (Å²) in [4.78, 5) is 233. The van der Waals surface area contributed by atoms with E-state index in [2.05, 4.69) is 44.5 Å². The number of carboxylic acid groups (broad SMARTS) is 5. The number of likely N-dealkylation sites (tertiary alicyclic amines) is 1. The Labute approximate surface area is 554 Å². The van der Waals surface area contributed by atoms with Crippen LogP contribution in [0.4, 0.5) is 0 Å². The largest absolute Gasteiger partial charge is 0.481 e. The number of ether oxygens (including phenoxy) is 1. The summed E-state index contributed by atoms with van der Waals surface area (Å²) >= 11 is 5.38. The first-order valence-corrected chi connectivity index (χ1v) is 33.1. The molecular formula is C61H93N7O24S2. The molecule has 0 spiro atoms. The number of carbonyl (C=O) groups excluding carboxylic acids is 13. The number of thiol groups is 1. The number of hydrogen-bond acceptors (Lipinski definition) is 21. The highest BCUT2D eigenvalue weighted by Gasteiger charge is 2.38. The number of ketones is 6. The summed E-state index contributed by atoms with van der Waals surface area (Å²) in [6.45, 7) is 5.79. The molecule has 10 atom stereocenters. The van der Waals surface area contributed by atoms with Crippen molar-refractivity contribution >= 4 is 130 Å². The molecule has 1 saturated heterocycles. The number of amides is 7. The third kappa shape index (κ3) is 33.9. The van der Waals surface area contributed by atoms with E-state index in [0.717, 1.165) is 0 Å². The summed E-state index contributed by atoms with van der Waals surface area (Å²) in [5.41, 5.74) is 0. The molecule has 0 aromatic carbocycles. The minimum Gasteiger partial charge on any atom is -0.481 e. The zero-order valence-corrected chi connectivity index (χ0v) is 55.7. The van der Waals surface area contributed by atoms with E-state index in [9.17, 15) is 112 Å². The van der Waals surface area contributed by atoms with Crippen LogP contribution in [0, 0.1) is 29.6 Å². The highest BCUT2D eigenvalue weighted by molar-refractivity contribution is 7.98. The predicted molar refractivity (Wildman–Crippen MR) is 338 cm³/mol. The van der Waals surface area contributed by atoms with Crippen LogP contribution in [0.3, 0.4) is 0 Å². The first-order valence-electron chi connectivity index (χ1n) is 31.1. The van der Waals surface area contributed by atoms with Gasteiger partial charge in [-0.15, -0.1) is 0 Å². The van der Waals surface area contributed by atoms with Crippen LogP contribution in [0.15, 0.2) is 0 Å². The number of nitrogens with zero attached hydrogens (tertiary/aromatic N) is 1. The van der Waals surface area contributed by atoms with Gasteiger partial charge in [-0.05, 0) is 76.9 Å². The van der Waals surface area contributed by atoms with E-state index in [-0.39, 0.29) is 93.6 Å². The molecule has 31 nitrogen and oxygen atoms in total. The standard InChI is InChI=1S/C61H93N7O24S2/c1-33(2)25-42(46(71)16-17-50(75)63-43(32-94-6)47(72)26-34(3)57(87)62-5)67-61(91)44-9-7-23-68(44)51(76)30-92-24-8-10-45(70)39(13-20-54(81)82)64-58(88)36(11-18-52(77)78)28-48(73)40(14-21-55(83)84)65-59(89)37(12-19-53(79)80)29-49(74)41(15-22-56(85)86)66-60(90)38(31-93)27-35(4)69/h33-34,36-44,93H,7-32H2,1-6H3,(H,62,87)(H,63,75)(H,64,88)(H,65,89)(H,66,90)(H,67,91)(H,77,78)(H,79,80)(H,81,82)(H,83,84)(H,85,86)/t34-,36?,37+,38-,39-,40-,41-,42+,43+,44+/m1/s1. The fourth-order valence-electron chi connectivity index (χ4n) is 10.2. The van der Waals surface area contributed by atoms with Crippen molar-refractivity contribution in [3.05, 3.63) is 0 Å². The number of carboxylic acids is 5. The van der Waals surface area contributed by atoms with Gasteiger partial charge in [0.25, 0.3) is 0 Å². The summed E-state index contributed by atoms with van der Waals surface area (Å²) < 4.78 is 5.57. The molecule has 0 aromatic rings. The first-order chi connectivity index (χ1) is 44.1. The lowest BCUT2D eigenvalue weighted by Gasteiger charge is -2.27. The molecule has 0 radical (unpaired) electrons. The number of carbonyl (C=O) groups is 18. The van der Waals surface area contributed by atoms with Crippen LogP contribution in [-0.2, 0) is 91.0 Å². The molecule has 1 heterocycles. The molecule has 11 N–H and O–H groups in total. The van der Waals surface area contributed by atoms with E-state index < -0.39 is 238 Å². The summed E-state index contributed by atoms with van der Waals surface area (Å²) in [5.74, 6) is -21.2. The number of thioether (sulfide) groups is 1. The summed E-state index contributed by atoms with van der Waals surface area (Å²) in [6, 6.07) is -7.84. The Balaban J connectivity index is 3.22. The van der Waals surface area contributed by atoms with Gasteiger partial charge in [0, 0.05) is 127 Å². The van der Waals surface area contributed by atoms with Crippen molar-refractivity contribution in [1.82, 2.24) is 36.8 Å². The molecule has 7 amide bonds. The zero-order valence-electron chi connectivity index (χ0n) is 54.0. The Bertz CT molecular complexity index is 2710. The zero-order chi connectivity index (χ0) is 71.4. The molecule has 1 unspecified atom stereocenters. The lowest BCUT2D eigenvalue weighted by atomic mass is 9.89. The topological polar surface area (TPSA) is 493 Å². The lowest BCUT2D eigenvalue weighted by Crippen LogP contribution is -2.52. The minimum atomic E-state index is -1.79. The molecule has 94 heavy (non-hydrogen) atoms. The summed E-state index contributed by atoms with van der Waals surface area (Å²) in [6.07, 6.45) is -7.04. The average Bonchev–Trinajstić information content (AvgIpc) is 1.61. The van der Waals surface area contributed by atoms with Crippen molar-refractivity contribution in [3.8, 4) is 0 Å². The highest BCUT2D eigenvalue weighted by atomic mass is 32.2. The molecule has 1 rings (SSSR count). The van der Waals surface area contributed by atoms with Gasteiger partial charge >= 0.3 is 29.8 Å². The molecule has 0 saturated carbocycles.